The molecule has 3 aromatic rings. The molecule has 0 radical (unpaired) electrons. The summed E-state index contributed by atoms with van der Waals surface area (Å²) in [4.78, 5) is 24.0. The van der Waals surface area contributed by atoms with Gasteiger partial charge in [0.15, 0.2) is 0 Å². The Morgan fingerprint density at radius 1 is 1.00 bits per heavy atom. The summed E-state index contributed by atoms with van der Waals surface area (Å²) in [5.41, 5.74) is -2.02. The largest absolute Gasteiger partial charge is 0.573 e. The molecule has 0 unspecified atom stereocenters. The number of ether oxygens (including phenoxy) is 2. The summed E-state index contributed by atoms with van der Waals surface area (Å²) in [6.45, 7) is 1.34. The Morgan fingerprint density at radius 2 is 1.73 bits per heavy atom. The van der Waals surface area contributed by atoms with E-state index in [2.05, 4.69) is 20.3 Å². The molecule has 7 nitrogen and oxygen atoms in total. The van der Waals surface area contributed by atoms with Crippen molar-refractivity contribution in [1.29, 1.82) is 0 Å². The highest BCUT2D eigenvalue weighted by atomic mass is 19.4. The Bertz CT molecular complexity index is 1240. The van der Waals surface area contributed by atoms with Crippen LogP contribution in [-0.4, -0.2) is 22.5 Å². The Labute approximate surface area is 181 Å². The first kappa shape index (κ1) is 23.6. The summed E-state index contributed by atoms with van der Waals surface area (Å²) in [6, 6.07) is 6.03. The number of H-pyrrole nitrogens is 1. The Morgan fingerprint density at radius 3 is 2.33 bits per heavy atom. The molecule has 0 spiro atoms. The molecule has 1 heterocycles. The van der Waals surface area contributed by atoms with Gasteiger partial charge in [0, 0.05) is 6.07 Å². The van der Waals surface area contributed by atoms with Crippen LogP contribution in [0.1, 0.15) is 21.5 Å². The van der Waals surface area contributed by atoms with Gasteiger partial charge >= 0.3 is 12.5 Å². The topological polar surface area (TPSA) is 93.3 Å². The number of hydrogen-bond acceptors (Lipinski definition) is 5. The number of halogens is 6. The average molecular weight is 473 g/mol. The van der Waals surface area contributed by atoms with Gasteiger partial charge in [-0.15, -0.1) is 13.2 Å². The third kappa shape index (κ3) is 6.24. The number of benzene rings is 2. The first-order chi connectivity index (χ1) is 15.3. The predicted molar refractivity (Wildman–Crippen MR) is 102 cm³/mol. The molecule has 0 bridgehead atoms. The van der Waals surface area contributed by atoms with Crippen molar-refractivity contribution < 1.29 is 40.6 Å². The van der Waals surface area contributed by atoms with Crippen molar-refractivity contribution in [2.75, 3.05) is 5.32 Å². The average Bonchev–Trinajstić information content (AvgIpc) is 2.68. The summed E-state index contributed by atoms with van der Waals surface area (Å²) < 4.78 is 86.0. The molecule has 2 N–H and O–H groups in total. The van der Waals surface area contributed by atoms with E-state index in [1.807, 2.05) is 0 Å². The quantitative estimate of drug-likeness (QED) is 0.507. The minimum absolute atomic E-state index is 0.0283. The van der Waals surface area contributed by atoms with E-state index in [-0.39, 0.29) is 22.6 Å². The first-order valence-corrected chi connectivity index (χ1v) is 8.93. The molecule has 0 saturated heterocycles. The molecular weight excluding hydrogens is 460 g/mol. The highest BCUT2D eigenvalue weighted by molar-refractivity contribution is 6.06. The van der Waals surface area contributed by atoms with Gasteiger partial charge in [-0.05, 0) is 48.9 Å². The minimum Gasteiger partial charge on any atom is -0.456 e. The monoisotopic (exact) mass is 473 g/mol. The smallest absolute Gasteiger partial charge is 0.456 e. The van der Waals surface area contributed by atoms with Crippen LogP contribution in [0.3, 0.4) is 0 Å². The van der Waals surface area contributed by atoms with Crippen molar-refractivity contribution in [2.45, 2.75) is 19.5 Å². The minimum atomic E-state index is -4.94. The second kappa shape index (κ2) is 8.84. The van der Waals surface area contributed by atoms with Crippen LogP contribution in [0.15, 0.2) is 53.5 Å². The number of alkyl halides is 6. The standard InChI is InChI=1S/C20H13F6N3O4/c1-10-6-13(33-20(24,25)26)3-5-15(10)32-16-7-11(19(21,22)23)2-4-14(16)18(31)28-12-8-17(30)29-27-9-12/h2-9H,1H3,(H2,28,29,30,31). The lowest BCUT2D eigenvalue weighted by atomic mass is 10.1. The molecule has 1 aromatic heterocycles. The molecule has 0 aliphatic carbocycles. The van der Waals surface area contributed by atoms with Gasteiger partial charge in [0.25, 0.3) is 11.5 Å². The molecule has 0 atom stereocenters. The number of aryl methyl sites for hydroxylation is 1. The van der Waals surface area contributed by atoms with Gasteiger partial charge in [-0.1, -0.05) is 0 Å². The number of carbonyl (C=O) groups is 1. The van der Waals surface area contributed by atoms with Gasteiger partial charge in [0.05, 0.1) is 23.0 Å². The lowest BCUT2D eigenvalue weighted by Gasteiger charge is -2.16. The molecule has 174 valence electrons. The second-order valence-electron chi connectivity index (χ2n) is 6.57. The van der Waals surface area contributed by atoms with Crippen molar-refractivity contribution in [3.8, 4) is 17.2 Å². The normalized spacial score (nSPS) is 11.7. The molecule has 0 fully saturated rings. The van der Waals surface area contributed by atoms with Crippen LogP contribution in [0.2, 0.25) is 0 Å². The summed E-state index contributed by atoms with van der Waals surface area (Å²) in [6.07, 6.45) is -8.59. The van der Waals surface area contributed by atoms with Crippen LogP contribution in [0.4, 0.5) is 32.0 Å². The maximum atomic E-state index is 13.2. The van der Waals surface area contributed by atoms with Crippen molar-refractivity contribution in [1.82, 2.24) is 10.2 Å². The lowest BCUT2D eigenvalue weighted by Crippen LogP contribution is -2.17. The summed E-state index contributed by atoms with van der Waals surface area (Å²) in [5, 5.41) is 7.88. The van der Waals surface area contributed by atoms with Crippen LogP contribution in [0.5, 0.6) is 17.2 Å². The molecule has 2 aromatic carbocycles. The van der Waals surface area contributed by atoms with E-state index in [1.165, 1.54) is 6.92 Å². The highest BCUT2D eigenvalue weighted by Crippen LogP contribution is 2.37. The van der Waals surface area contributed by atoms with E-state index in [1.54, 1.807) is 0 Å². The fourth-order valence-corrected chi connectivity index (χ4v) is 2.67. The molecule has 13 heteroatoms. The van der Waals surface area contributed by atoms with Gasteiger partial charge < -0.3 is 14.8 Å². The van der Waals surface area contributed by atoms with Crippen molar-refractivity contribution in [3.05, 3.63) is 75.7 Å². The number of anilines is 1. The van der Waals surface area contributed by atoms with E-state index in [0.29, 0.717) is 12.1 Å². The Kier molecular flexibility index (Phi) is 6.33. The van der Waals surface area contributed by atoms with Gasteiger partial charge in [-0.2, -0.15) is 18.3 Å². The van der Waals surface area contributed by atoms with Crippen LogP contribution < -0.4 is 20.3 Å². The summed E-state index contributed by atoms with van der Waals surface area (Å²) >= 11 is 0. The first-order valence-electron chi connectivity index (χ1n) is 8.93. The second-order valence-corrected chi connectivity index (χ2v) is 6.57. The molecule has 0 aliphatic rings. The number of nitrogens with zero attached hydrogens (tertiary/aromatic N) is 1. The van der Waals surface area contributed by atoms with E-state index >= 15 is 0 Å². The molecular formula is C20H13F6N3O4. The van der Waals surface area contributed by atoms with E-state index in [0.717, 1.165) is 36.5 Å². The maximum absolute atomic E-state index is 13.2. The molecule has 0 aliphatic heterocycles. The fraction of sp³-hybridized carbons (Fsp3) is 0.150. The van der Waals surface area contributed by atoms with E-state index < -0.39 is 41.1 Å². The number of nitrogens with one attached hydrogen (secondary N) is 2. The zero-order valence-corrected chi connectivity index (χ0v) is 16.5. The number of amides is 1. The number of aromatic amines is 1. The van der Waals surface area contributed by atoms with E-state index in [9.17, 15) is 35.9 Å². The summed E-state index contributed by atoms with van der Waals surface area (Å²) in [5.74, 6) is -2.11. The van der Waals surface area contributed by atoms with Crippen molar-refractivity contribution in [2.24, 2.45) is 0 Å². The number of aromatic nitrogens is 2. The van der Waals surface area contributed by atoms with Gasteiger partial charge in [0.2, 0.25) is 0 Å². The van der Waals surface area contributed by atoms with Gasteiger partial charge in [0.1, 0.15) is 17.2 Å². The Balaban J connectivity index is 1.96. The maximum Gasteiger partial charge on any atom is 0.573 e. The molecule has 33 heavy (non-hydrogen) atoms. The van der Waals surface area contributed by atoms with Gasteiger partial charge in [-0.25, -0.2) is 5.10 Å². The number of hydrogen-bond donors (Lipinski definition) is 2. The summed E-state index contributed by atoms with van der Waals surface area (Å²) in [7, 11) is 0. The van der Waals surface area contributed by atoms with Crippen LogP contribution >= 0.6 is 0 Å². The van der Waals surface area contributed by atoms with Crippen LogP contribution in [0.25, 0.3) is 0 Å². The fourth-order valence-electron chi connectivity index (χ4n) is 2.67. The highest BCUT2D eigenvalue weighted by Gasteiger charge is 2.33. The van der Waals surface area contributed by atoms with Crippen LogP contribution in [-0.2, 0) is 6.18 Å². The van der Waals surface area contributed by atoms with Gasteiger partial charge in [-0.3, -0.25) is 9.59 Å². The number of rotatable bonds is 5. The number of carbonyl (C=O) groups excluding carboxylic acids is 1. The van der Waals surface area contributed by atoms with Crippen molar-refractivity contribution in [3.63, 3.8) is 0 Å². The third-order valence-corrected chi connectivity index (χ3v) is 4.08. The third-order valence-electron chi connectivity index (χ3n) is 4.08. The predicted octanol–water partition coefficient (Wildman–Crippen LogP) is 5.04. The van der Waals surface area contributed by atoms with Crippen molar-refractivity contribution >= 4 is 11.6 Å². The molecule has 0 saturated carbocycles. The zero-order valence-electron chi connectivity index (χ0n) is 16.5. The molecule has 1 amide bonds. The van der Waals surface area contributed by atoms with E-state index in [4.69, 9.17) is 4.74 Å². The zero-order chi connectivity index (χ0) is 24.4. The SMILES string of the molecule is Cc1cc(OC(F)(F)F)ccc1Oc1cc(C(F)(F)F)ccc1C(=O)Nc1cn[nH]c(=O)c1. The lowest BCUT2D eigenvalue weighted by molar-refractivity contribution is -0.274. The van der Waals surface area contributed by atoms with Crippen LogP contribution in [0, 0.1) is 6.92 Å². The Hall–Kier alpha value is -4.03. The molecule has 3 rings (SSSR count).